The van der Waals surface area contributed by atoms with Gasteiger partial charge in [-0.25, -0.2) is 0 Å². The first-order valence-corrected chi connectivity index (χ1v) is 6.60. The van der Waals surface area contributed by atoms with Crippen LogP contribution in [0.3, 0.4) is 0 Å². The van der Waals surface area contributed by atoms with E-state index in [4.69, 9.17) is 33.7 Å². The molecule has 2 rings (SSSR count). The average Bonchev–Trinajstić information content (AvgIpc) is 2.35. The van der Waals surface area contributed by atoms with E-state index in [-0.39, 0.29) is 12.1 Å². The van der Waals surface area contributed by atoms with Crippen LogP contribution in [0.5, 0.6) is 5.75 Å². The second-order valence-electron chi connectivity index (χ2n) is 4.29. The van der Waals surface area contributed by atoms with Crippen molar-refractivity contribution in [3.8, 4) is 5.75 Å². The zero-order valence-electron chi connectivity index (χ0n) is 10.4. The summed E-state index contributed by atoms with van der Waals surface area (Å²) >= 11 is 11.9. The summed E-state index contributed by atoms with van der Waals surface area (Å²) in [6.45, 7) is 1.88. The molecule has 2 aromatic rings. The van der Waals surface area contributed by atoms with Gasteiger partial charge in [-0.1, -0.05) is 35.3 Å². The third-order valence-corrected chi connectivity index (χ3v) is 3.04. The lowest BCUT2D eigenvalue weighted by molar-refractivity contribution is 0.180. The molecule has 0 aliphatic rings. The van der Waals surface area contributed by atoms with Gasteiger partial charge in [0, 0.05) is 23.3 Å². The van der Waals surface area contributed by atoms with Crippen LogP contribution in [0.4, 0.5) is 0 Å². The molecule has 1 heterocycles. The van der Waals surface area contributed by atoms with Gasteiger partial charge in [0.15, 0.2) is 0 Å². The molecule has 0 spiro atoms. The van der Waals surface area contributed by atoms with E-state index in [9.17, 15) is 0 Å². The molecule has 0 aliphatic carbocycles. The average molecular weight is 297 g/mol. The van der Waals surface area contributed by atoms with Crippen molar-refractivity contribution >= 4 is 23.2 Å². The highest BCUT2D eigenvalue weighted by molar-refractivity contribution is 6.30. The Morgan fingerprint density at radius 2 is 1.95 bits per heavy atom. The summed E-state index contributed by atoms with van der Waals surface area (Å²) in [7, 11) is 0. The van der Waals surface area contributed by atoms with Gasteiger partial charge in [-0.15, -0.1) is 0 Å². The standard InChI is InChI=1S/C14H14Cl2N2O/c1-9(17)14(10-3-2-4-11(15)5-10)19-13-6-12(16)7-18-8-13/h2-9,14H,17H2,1H3. The number of ether oxygens (including phenoxy) is 1. The number of hydrogen-bond acceptors (Lipinski definition) is 3. The van der Waals surface area contributed by atoms with Crippen molar-refractivity contribution in [2.75, 3.05) is 0 Å². The summed E-state index contributed by atoms with van der Waals surface area (Å²) in [6, 6.07) is 8.95. The topological polar surface area (TPSA) is 48.1 Å². The number of rotatable bonds is 4. The number of nitrogens with two attached hydrogens (primary N) is 1. The first kappa shape index (κ1) is 14.1. The molecule has 2 N–H and O–H groups in total. The Bertz CT molecular complexity index is 561. The second kappa shape index (κ2) is 6.24. The van der Waals surface area contributed by atoms with Crippen molar-refractivity contribution in [3.05, 3.63) is 58.3 Å². The van der Waals surface area contributed by atoms with Crippen LogP contribution >= 0.6 is 23.2 Å². The lowest BCUT2D eigenvalue weighted by atomic mass is 10.0. The van der Waals surface area contributed by atoms with E-state index < -0.39 is 0 Å². The fraction of sp³-hybridized carbons (Fsp3) is 0.214. The molecule has 0 bridgehead atoms. The van der Waals surface area contributed by atoms with Crippen LogP contribution < -0.4 is 10.5 Å². The molecule has 0 saturated carbocycles. The van der Waals surface area contributed by atoms with Gasteiger partial charge in [0.1, 0.15) is 11.9 Å². The Balaban J connectivity index is 2.26. The van der Waals surface area contributed by atoms with Crippen LogP contribution in [-0.2, 0) is 0 Å². The summed E-state index contributed by atoms with van der Waals surface area (Å²) in [5, 5.41) is 1.17. The molecular weight excluding hydrogens is 283 g/mol. The molecule has 0 aliphatic heterocycles. The van der Waals surface area contributed by atoms with Crippen molar-refractivity contribution in [2.24, 2.45) is 5.73 Å². The van der Waals surface area contributed by atoms with E-state index in [1.807, 2.05) is 31.2 Å². The number of nitrogens with zero attached hydrogens (tertiary/aromatic N) is 1. The van der Waals surface area contributed by atoms with Crippen LogP contribution in [0, 0.1) is 0 Å². The number of pyridine rings is 1. The normalized spacial score (nSPS) is 13.9. The smallest absolute Gasteiger partial charge is 0.140 e. The minimum Gasteiger partial charge on any atom is -0.482 e. The summed E-state index contributed by atoms with van der Waals surface area (Å²) in [5.74, 6) is 0.578. The molecule has 1 aromatic heterocycles. The molecule has 2 atom stereocenters. The predicted molar refractivity (Wildman–Crippen MR) is 77.7 cm³/mol. The first-order valence-electron chi connectivity index (χ1n) is 5.84. The molecule has 3 nitrogen and oxygen atoms in total. The zero-order valence-corrected chi connectivity index (χ0v) is 11.9. The van der Waals surface area contributed by atoms with Crippen molar-refractivity contribution < 1.29 is 4.74 Å². The van der Waals surface area contributed by atoms with E-state index in [0.717, 1.165) is 5.56 Å². The minimum absolute atomic E-state index is 0.197. The highest BCUT2D eigenvalue weighted by atomic mass is 35.5. The fourth-order valence-corrected chi connectivity index (χ4v) is 2.13. The zero-order chi connectivity index (χ0) is 13.8. The summed E-state index contributed by atoms with van der Waals surface area (Å²) in [5.41, 5.74) is 6.90. The van der Waals surface area contributed by atoms with E-state index in [0.29, 0.717) is 15.8 Å². The third-order valence-electron chi connectivity index (χ3n) is 2.60. The highest BCUT2D eigenvalue weighted by Crippen LogP contribution is 2.26. The van der Waals surface area contributed by atoms with Gasteiger partial charge in [0.25, 0.3) is 0 Å². The Labute approximate surface area is 122 Å². The maximum absolute atomic E-state index is 5.99. The van der Waals surface area contributed by atoms with Crippen LogP contribution in [-0.4, -0.2) is 11.0 Å². The van der Waals surface area contributed by atoms with Gasteiger partial charge < -0.3 is 10.5 Å². The molecule has 0 saturated heterocycles. The SMILES string of the molecule is CC(N)C(Oc1cncc(Cl)c1)c1cccc(Cl)c1. The van der Waals surface area contributed by atoms with Crippen molar-refractivity contribution in [2.45, 2.75) is 19.1 Å². The number of hydrogen-bond donors (Lipinski definition) is 1. The molecule has 5 heteroatoms. The van der Waals surface area contributed by atoms with Gasteiger partial charge in [-0.2, -0.15) is 0 Å². The van der Waals surface area contributed by atoms with Crippen molar-refractivity contribution in [1.29, 1.82) is 0 Å². The molecule has 19 heavy (non-hydrogen) atoms. The number of benzene rings is 1. The maximum Gasteiger partial charge on any atom is 0.140 e. The van der Waals surface area contributed by atoms with Crippen LogP contribution in [0.1, 0.15) is 18.6 Å². The van der Waals surface area contributed by atoms with Gasteiger partial charge in [0.2, 0.25) is 0 Å². The lowest BCUT2D eigenvalue weighted by Crippen LogP contribution is -2.29. The van der Waals surface area contributed by atoms with E-state index >= 15 is 0 Å². The minimum atomic E-state index is -0.307. The van der Waals surface area contributed by atoms with E-state index in [2.05, 4.69) is 4.98 Å². The number of halogens is 2. The van der Waals surface area contributed by atoms with Gasteiger partial charge in [0.05, 0.1) is 11.2 Å². The van der Waals surface area contributed by atoms with Crippen LogP contribution in [0.2, 0.25) is 10.0 Å². The monoisotopic (exact) mass is 296 g/mol. The Kier molecular flexibility index (Phi) is 4.64. The molecule has 0 fully saturated rings. The van der Waals surface area contributed by atoms with Gasteiger partial charge in [-0.05, 0) is 24.6 Å². The molecular formula is C14H14Cl2N2O. The maximum atomic E-state index is 5.99. The summed E-state index contributed by atoms with van der Waals surface area (Å²) < 4.78 is 5.87. The Morgan fingerprint density at radius 3 is 2.58 bits per heavy atom. The van der Waals surface area contributed by atoms with E-state index in [1.165, 1.54) is 0 Å². The van der Waals surface area contributed by atoms with Gasteiger partial charge >= 0.3 is 0 Å². The molecule has 0 radical (unpaired) electrons. The summed E-state index contributed by atoms with van der Waals surface area (Å²) in [4.78, 5) is 3.98. The Morgan fingerprint density at radius 1 is 1.16 bits per heavy atom. The lowest BCUT2D eigenvalue weighted by Gasteiger charge is -2.23. The summed E-state index contributed by atoms with van der Waals surface area (Å²) in [6.07, 6.45) is 2.85. The predicted octanol–water partition coefficient (Wildman–Crippen LogP) is 3.86. The highest BCUT2D eigenvalue weighted by Gasteiger charge is 2.18. The number of aromatic nitrogens is 1. The van der Waals surface area contributed by atoms with Crippen molar-refractivity contribution in [3.63, 3.8) is 0 Å². The Hall–Kier alpha value is -1.29. The molecule has 1 aromatic carbocycles. The molecule has 0 amide bonds. The second-order valence-corrected chi connectivity index (χ2v) is 5.16. The molecule has 2 unspecified atom stereocenters. The molecule has 100 valence electrons. The van der Waals surface area contributed by atoms with Crippen LogP contribution in [0.15, 0.2) is 42.7 Å². The van der Waals surface area contributed by atoms with Gasteiger partial charge in [-0.3, -0.25) is 4.98 Å². The van der Waals surface area contributed by atoms with E-state index in [1.54, 1.807) is 18.5 Å². The van der Waals surface area contributed by atoms with Crippen LogP contribution in [0.25, 0.3) is 0 Å². The quantitative estimate of drug-likeness (QED) is 0.932. The van der Waals surface area contributed by atoms with Crippen molar-refractivity contribution in [1.82, 2.24) is 4.98 Å². The largest absolute Gasteiger partial charge is 0.482 e. The first-order chi connectivity index (χ1) is 9.06. The third kappa shape index (κ3) is 3.83. The fourth-order valence-electron chi connectivity index (χ4n) is 1.77.